The fourth-order valence-electron chi connectivity index (χ4n) is 4.02. The second-order valence-corrected chi connectivity index (χ2v) is 7.89. The van der Waals surface area contributed by atoms with Gasteiger partial charge in [-0.05, 0) is 49.4 Å². The average molecular weight is 441 g/mol. The number of nitrogens with zero attached hydrogens (tertiary/aromatic N) is 2. The van der Waals surface area contributed by atoms with Crippen molar-refractivity contribution in [1.29, 1.82) is 0 Å². The first kappa shape index (κ1) is 23.4. The second kappa shape index (κ2) is 11.9. The lowest BCUT2D eigenvalue weighted by molar-refractivity contribution is 0.0679. The van der Waals surface area contributed by atoms with Crippen LogP contribution in [-0.2, 0) is 0 Å². The number of benzene rings is 1. The first-order chi connectivity index (χ1) is 15.6. The van der Waals surface area contributed by atoms with Gasteiger partial charge < -0.3 is 25.0 Å². The predicted octanol–water partition coefficient (Wildman–Crippen LogP) is 3.94. The van der Waals surface area contributed by atoms with Gasteiger partial charge in [-0.25, -0.2) is 4.79 Å². The van der Waals surface area contributed by atoms with Crippen LogP contribution >= 0.6 is 0 Å². The summed E-state index contributed by atoms with van der Waals surface area (Å²) in [5.74, 6) is 1.64. The number of urea groups is 1. The number of amides is 3. The van der Waals surface area contributed by atoms with Gasteiger partial charge in [-0.15, -0.1) is 0 Å². The molecule has 8 heteroatoms. The van der Waals surface area contributed by atoms with Crippen LogP contribution in [0.25, 0.3) is 0 Å². The minimum Gasteiger partial charge on any atom is -0.496 e. The topological polar surface area (TPSA) is 92.8 Å². The van der Waals surface area contributed by atoms with Gasteiger partial charge in [0.15, 0.2) is 0 Å². The third-order valence-corrected chi connectivity index (χ3v) is 5.81. The van der Waals surface area contributed by atoms with Crippen LogP contribution in [0.1, 0.15) is 42.5 Å². The molecule has 0 aliphatic carbocycles. The molecule has 2 N–H and O–H groups in total. The van der Waals surface area contributed by atoms with Gasteiger partial charge in [-0.3, -0.25) is 9.78 Å². The van der Waals surface area contributed by atoms with Crippen LogP contribution in [0.15, 0.2) is 42.7 Å². The lowest BCUT2D eigenvalue weighted by Gasteiger charge is -2.32. The molecule has 0 radical (unpaired) electrons. The van der Waals surface area contributed by atoms with E-state index in [1.807, 2.05) is 11.0 Å². The molecule has 32 heavy (non-hydrogen) atoms. The molecule has 2 heterocycles. The maximum atomic E-state index is 13.1. The summed E-state index contributed by atoms with van der Waals surface area (Å²) in [6, 6.07) is 8.69. The van der Waals surface area contributed by atoms with Crippen molar-refractivity contribution >= 4 is 17.6 Å². The Labute approximate surface area is 189 Å². The number of aromatic nitrogens is 1. The highest BCUT2D eigenvalue weighted by molar-refractivity contribution is 5.99. The van der Waals surface area contributed by atoms with Crippen LogP contribution in [0, 0.1) is 5.92 Å². The molecule has 0 bridgehead atoms. The van der Waals surface area contributed by atoms with Crippen molar-refractivity contribution in [3.05, 3.63) is 48.3 Å². The number of carbonyl (C=O) groups is 2. The number of piperidine rings is 1. The quantitative estimate of drug-likeness (QED) is 0.576. The van der Waals surface area contributed by atoms with E-state index in [0.29, 0.717) is 29.5 Å². The van der Waals surface area contributed by atoms with E-state index in [1.165, 1.54) is 0 Å². The molecule has 3 amide bonds. The van der Waals surface area contributed by atoms with Crippen LogP contribution in [0.3, 0.4) is 0 Å². The first-order valence-electron chi connectivity index (χ1n) is 11.1. The highest BCUT2D eigenvalue weighted by Crippen LogP contribution is 2.31. The van der Waals surface area contributed by atoms with Crippen molar-refractivity contribution < 1.29 is 19.1 Å². The van der Waals surface area contributed by atoms with E-state index in [4.69, 9.17) is 9.47 Å². The lowest BCUT2D eigenvalue weighted by Crippen LogP contribution is -2.38. The number of hydrogen-bond acceptors (Lipinski definition) is 5. The van der Waals surface area contributed by atoms with Gasteiger partial charge in [0, 0.05) is 37.7 Å². The largest absolute Gasteiger partial charge is 0.496 e. The fourth-order valence-corrected chi connectivity index (χ4v) is 4.02. The van der Waals surface area contributed by atoms with Crippen molar-refractivity contribution in [1.82, 2.24) is 15.2 Å². The number of rotatable bonds is 9. The van der Waals surface area contributed by atoms with Crippen molar-refractivity contribution in [2.45, 2.75) is 32.1 Å². The summed E-state index contributed by atoms with van der Waals surface area (Å²) in [5, 5.41) is 5.67. The Bertz CT molecular complexity index is 861. The number of unbranched alkanes of at least 4 members (excludes halogenated alkanes) is 1. The van der Waals surface area contributed by atoms with E-state index in [-0.39, 0.29) is 11.9 Å². The summed E-state index contributed by atoms with van der Waals surface area (Å²) in [6.07, 6.45) is 8.34. The molecule has 2 aromatic rings. The molecule has 1 aromatic carbocycles. The summed E-state index contributed by atoms with van der Waals surface area (Å²) in [6.45, 7) is 2.11. The number of likely N-dealkylation sites (tertiary alicyclic amines) is 1. The van der Waals surface area contributed by atoms with E-state index in [2.05, 4.69) is 15.6 Å². The van der Waals surface area contributed by atoms with Crippen molar-refractivity contribution in [2.75, 3.05) is 39.2 Å². The molecule has 1 fully saturated rings. The molecule has 0 atom stereocenters. The molecule has 0 saturated carbocycles. The number of anilines is 1. The SMILES string of the molecule is COc1cccc(OC)c1C(=O)N1CCC(CCCCNC(=O)Nc2ccncc2)CC1. The smallest absolute Gasteiger partial charge is 0.319 e. The number of pyridine rings is 1. The van der Waals surface area contributed by atoms with Gasteiger partial charge in [0.2, 0.25) is 0 Å². The zero-order valence-electron chi connectivity index (χ0n) is 18.8. The van der Waals surface area contributed by atoms with Crippen molar-refractivity contribution in [3.63, 3.8) is 0 Å². The number of hydrogen-bond donors (Lipinski definition) is 2. The molecular formula is C24H32N4O4. The van der Waals surface area contributed by atoms with Crippen LogP contribution in [0.2, 0.25) is 0 Å². The number of carbonyl (C=O) groups excluding carboxylic acids is 2. The number of ether oxygens (including phenoxy) is 2. The van der Waals surface area contributed by atoms with Crippen LogP contribution in [0.5, 0.6) is 11.5 Å². The van der Waals surface area contributed by atoms with Crippen molar-refractivity contribution in [3.8, 4) is 11.5 Å². The first-order valence-corrected chi connectivity index (χ1v) is 11.1. The minimum atomic E-state index is -0.199. The number of methoxy groups -OCH3 is 2. The van der Waals surface area contributed by atoms with Gasteiger partial charge in [0.05, 0.1) is 14.2 Å². The highest BCUT2D eigenvalue weighted by atomic mass is 16.5. The summed E-state index contributed by atoms with van der Waals surface area (Å²) >= 11 is 0. The summed E-state index contributed by atoms with van der Waals surface area (Å²) < 4.78 is 10.8. The minimum absolute atomic E-state index is 0.0397. The molecular weight excluding hydrogens is 408 g/mol. The molecule has 1 saturated heterocycles. The Morgan fingerprint density at radius 2 is 1.69 bits per heavy atom. The molecule has 3 rings (SSSR count). The molecule has 0 unspecified atom stereocenters. The standard InChI is InChI=1S/C24H32N4O4/c1-31-20-7-5-8-21(32-2)22(20)23(29)28-16-11-18(12-17-28)6-3-4-13-26-24(30)27-19-9-14-25-15-10-19/h5,7-10,14-15,18H,3-4,6,11-13,16-17H2,1-2H3,(H2,25,26,27,30). The van der Waals surface area contributed by atoms with Gasteiger partial charge in [-0.2, -0.15) is 0 Å². The molecule has 172 valence electrons. The highest BCUT2D eigenvalue weighted by Gasteiger charge is 2.27. The summed E-state index contributed by atoms with van der Waals surface area (Å²) in [4.78, 5) is 30.8. The normalized spacial score (nSPS) is 14.0. The van der Waals surface area contributed by atoms with E-state index >= 15 is 0 Å². The zero-order valence-corrected chi connectivity index (χ0v) is 18.8. The zero-order chi connectivity index (χ0) is 22.8. The maximum Gasteiger partial charge on any atom is 0.319 e. The molecule has 1 aliphatic rings. The van der Waals surface area contributed by atoms with Gasteiger partial charge in [-0.1, -0.05) is 18.9 Å². The van der Waals surface area contributed by atoms with E-state index in [0.717, 1.165) is 50.9 Å². The van der Waals surface area contributed by atoms with E-state index < -0.39 is 0 Å². The van der Waals surface area contributed by atoms with Crippen LogP contribution in [-0.4, -0.2) is 55.7 Å². The molecule has 8 nitrogen and oxygen atoms in total. The second-order valence-electron chi connectivity index (χ2n) is 7.89. The maximum absolute atomic E-state index is 13.1. The molecule has 0 spiro atoms. The monoisotopic (exact) mass is 440 g/mol. The Morgan fingerprint density at radius 1 is 1.03 bits per heavy atom. The van der Waals surface area contributed by atoms with Crippen LogP contribution in [0.4, 0.5) is 10.5 Å². The average Bonchev–Trinajstić information content (AvgIpc) is 2.83. The van der Waals surface area contributed by atoms with E-state index in [9.17, 15) is 9.59 Å². The Hall–Kier alpha value is -3.29. The molecule has 1 aliphatic heterocycles. The Balaban J connectivity index is 1.36. The predicted molar refractivity (Wildman–Crippen MR) is 123 cm³/mol. The Morgan fingerprint density at radius 3 is 2.31 bits per heavy atom. The number of nitrogens with one attached hydrogen (secondary N) is 2. The van der Waals surface area contributed by atoms with Gasteiger partial charge in [0.25, 0.3) is 5.91 Å². The van der Waals surface area contributed by atoms with Crippen LogP contribution < -0.4 is 20.1 Å². The molecule has 1 aromatic heterocycles. The van der Waals surface area contributed by atoms with Gasteiger partial charge in [0.1, 0.15) is 17.1 Å². The Kier molecular flexibility index (Phi) is 8.71. The third kappa shape index (κ3) is 6.35. The summed E-state index contributed by atoms with van der Waals surface area (Å²) in [7, 11) is 3.13. The fraction of sp³-hybridized carbons (Fsp3) is 0.458. The van der Waals surface area contributed by atoms with Crippen molar-refractivity contribution in [2.24, 2.45) is 5.92 Å². The third-order valence-electron chi connectivity index (χ3n) is 5.81. The van der Waals surface area contributed by atoms with Gasteiger partial charge >= 0.3 is 6.03 Å². The summed E-state index contributed by atoms with van der Waals surface area (Å²) in [5.41, 5.74) is 1.22. The lowest BCUT2D eigenvalue weighted by atomic mass is 9.91. The van der Waals surface area contributed by atoms with E-state index in [1.54, 1.807) is 50.9 Å².